The molecule has 1 heterocycles. The summed E-state index contributed by atoms with van der Waals surface area (Å²) in [5.74, 6) is -0.893. The van der Waals surface area contributed by atoms with Gasteiger partial charge in [0.05, 0.1) is 11.0 Å². The van der Waals surface area contributed by atoms with Crippen molar-refractivity contribution < 1.29 is 14.7 Å². The van der Waals surface area contributed by atoms with E-state index in [1.165, 1.54) is 11.8 Å². The van der Waals surface area contributed by atoms with Crippen LogP contribution >= 0.6 is 11.8 Å². The van der Waals surface area contributed by atoms with Gasteiger partial charge in [0.1, 0.15) is 0 Å². The van der Waals surface area contributed by atoms with Crippen LogP contribution in [0.3, 0.4) is 0 Å². The van der Waals surface area contributed by atoms with E-state index in [4.69, 9.17) is 0 Å². The zero-order valence-corrected chi connectivity index (χ0v) is 12.6. The van der Waals surface area contributed by atoms with Crippen molar-refractivity contribution in [2.45, 2.75) is 24.7 Å². The number of hydrogen-bond acceptors (Lipinski definition) is 3. The van der Waals surface area contributed by atoms with Crippen LogP contribution in [0.15, 0.2) is 29.2 Å². The number of nitrogens with zero attached hydrogens (tertiary/aromatic N) is 1. The van der Waals surface area contributed by atoms with Gasteiger partial charge in [-0.05, 0) is 38.2 Å². The van der Waals surface area contributed by atoms with Crippen LogP contribution in [0.4, 0.5) is 0 Å². The first-order valence-corrected chi connectivity index (χ1v) is 7.86. The Morgan fingerprint density at radius 1 is 1.35 bits per heavy atom. The van der Waals surface area contributed by atoms with Crippen LogP contribution in [0.5, 0.6) is 0 Å². The van der Waals surface area contributed by atoms with Crippen molar-refractivity contribution in [3.05, 3.63) is 29.8 Å². The number of likely N-dealkylation sites (tertiary alicyclic amines) is 1. The third-order valence-electron chi connectivity index (χ3n) is 3.84. The fourth-order valence-corrected chi connectivity index (χ4v) is 3.17. The fourth-order valence-electron chi connectivity index (χ4n) is 2.58. The smallest absolute Gasteiger partial charge is 0.311 e. The zero-order valence-electron chi connectivity index (χ0n) is 11.8. The van der Waals surface area contributed by atoms with Gasteiger partial charge in [0.15, 0.2) is 0 Å². The lowest BCUT2D eigenvalue weighted by atomic mass is 9.82. The number of carbonyl (C=O) groups excluding carboxylic acids is 1. The van der Waals surface area contributed by atoms with E-state index in [2.05, 4.69) is 0 Å². The molecular formula is C15H19NO3S. The van der Waals surface area contributed by atoms with Crippen LogP contribution in [0.2, 0.25) is 0 Å². The molecule has 0 saturated carbocycles. The van der Waals surface area contributed by atoms with Gasteiger partial charge in [0.2, 0.25) is 0 Å². The van der Waals surface area contributed by atoms with E-state index in [-0.39, 0.29) is 12.5 Å². The van der Waals surface area contributed by atoms with Gasteiger partial charge in [-0.2, -0.15) is 0 Å². The maximum Gasteiger partial charge on any atom is 0.311 e. The van der Waals surface area contributed by atoms with E-state index < -0.39 is 11.4 Å². The molecule has 5 heteroatoms. The summed E-state index contributed by atoms with van der Waals surface area (Å²) in [6, 6.07) is 7.46. The van der Waals surface area contributed by atoms with E-state index in [9.17, 15) is 14.7 Å². The Bertz CT molecular complexity index is 532. The summed E-state index contributed by atoms with van der Waals surface area (Å²) < 4.78 is 0. The normalized spacial score (nSPS) is 22.6. The van der Waals surface area contributed by atoms with Crippen LogP contribution in [-0.4, -0.2) is 41.2 Å². The summed E-state index contributed by atoms with van der Waals surface area (Å²) in [5.41, 5.74) is -0.169. The summed E-state index contributed by atoms with van der Waals surface area (Å²) in [7, 11) is 0. The van der Waals surface area contributed by atoms with Crippen LogP contribution in [0, 0.1) is 5.41 Å². The Morgan fingerprint density at radius 2 is 2.05 bits per heavy atom. The van der Waals surface area contributed by atoms with Gasteiger partial charge in [-0.1, -0.05) is 12.1 Å². The van der Waals surface area contributed by atoms with Gasteiger partial charge in [-0.15, -0.1) is 11.8 Å². The predicted molar refractivity (Wildman–Crippen MR) is 79.1 cm³/mol. The molecule has 0 spiro atoms. The monoisotopic (exact) mass is 293 g/mol. The number of benzene rings is 1. The number of carboxylic acid groups (broad SMARTS) is 1. The van der Waals surface area contributed by atoms with Gasteiger partial charge in [-0.3, -0.25) is 9.59 Å². The average molecular weight is 293 g/mol. The molecule has 1 aromatic carbocycles. The first-order chi connectivity index (χ1) is 9.48. The highest BCUT2D eigenvalue weighted by Crippen LogP contribution is 2.31. The SMILES string of the molecule is CSc1ccccc1C(=O)N1CCCC(C)(C(=O)O)C1. The summed E-state index contributed by atoms with van der Waals surface area (Å²) in [5, 5.41) is 9.33. The van der Waals surface area contributed by atoms with Gasteiger partial charge >= 0.3 is 5.97 Å². The molecule has 0 bridgehead atoms. The van der Waals surface area contributed by atoms with Crippen molar-refractivity contribution in [1.29, 1.82) is 0 Å². The summed E-state index contributed by atoms with van der Waals surface area (Å²) in [6.07, 6.45) is 3.29. The molecule has 1 N–H and O–H groups in total. The number of thioether (sulfide) groups is 1. The lowest BCUT2D eigenvalue weighted by Gasteiger charge is -2.37. The number of carbonyl (C=O) groups is 2. The minimum absolute atomic E-state index is 0.0675. The van der Waals surface area contributed by atoms with E-state index in [1.54, 1.807) is 17.9 Å². The Kier molecular flexibility index (Phi) is 4.38. The lowest BCUT2D eigenvalue weighted by molar-refractivity contribution is -0.150. The van der Waals surface area contributed by atoms with Crippen molar-refractivity contribution in [2.24, 2.45) is 5.41 Å². The molecule has 1 amide bonds. The summed E-state index contributed by atoms with van der Waals surface area (Å²) in [4.78, 5) is 26.6. The summed E-state index contributed by atoms with van der Waals surface area (Å²) in [6.45, 7) is 2.63. The zero-order chi connectivity index (χ0) is 14.8. The van der Waals surface area contributed by atoms with Gasteiger partial charge in [0, 0.05) is 18.0 Å². The van der Waals surface area contributed by atoms with Gasteiger partial charge in [0.25, 0.3) is 5.91 Å². The molecule has 1 atom stereocenters. The predicted octanol–water partition coefficient (Wildman–Crippen LogP) is 2.74. The number of hydrogen-bond donors (Lipinski definition) is 1. The van der Waals surface area contributed by atoms with Crippen molar-refractivity contribution >= 4 is 23.6 Å². The molecule has 0 aromatic heterocycles. The molecule has 4 nitrogen and oxygen atoms in total. The molecule has 1 unspecified atom stereocenters. The standard InChI is InChI=1S/C15H19NO3S/c1-15(14(18)19)8-5-9-16(10-15)13(17)11-6-3-4-7-12(11)20-2/h3-4,6-7H,5,8-10H2,1-2H3,(H,18,19). The van der Waals surface area contributed by atoms with Crippen LogP contribution in [0.1, 0.15) is 30.1 Å². The Labute approximate surface area is 123 Å². The van der Waals surface area contributed by atoms with E-state index in [0.29, 0.717) is 18.5 Å². The van der Waals surface area contributed by atoms with E-state index in [1.807, 2.05) is 24.5 Å². The van der Waals surface area contributed by atoms with Crippen molar-refractivity contribution in [3.8, 4) is 0 Å². The highest BCUT2D eigenvalue weighted by atomic mass is 32.2. The highest BCUT2D eigenvalue weighted by Gasteiger charge is 2.39. The first-order valence-electron chi connectivity index (χ1n) is 6.63. The third-order valence-corrected chi connectivity index (χ3v) is 4.63. The Morgan fingerprint density at radius 3 is 2.70 bits per heavy atom. The van der Waals surface area contributed by atoms with Gasteiger partial charge < -0.3 is 10.0 Å². The van der Waals surface area contributed by atoms with Crippen LogP contribution in [-0.2, 0) is 4.79 Å². The van der Waals surface area contributed by atoms with Crippen molar-refractivity contribution in [2.75, 3.05) is 19.3 Å². The minimum atomic E-state index is -0.831. The number of carboxylic acids is 1. The number of rotatable bonds is 3. The maximum absolute atomic E-state index is 12.6. The molecule has 0 aliphatic carbocycles. The molecule has 1 fully saturated rings. The Balaban J connectivity index is 2.23. The number of amides is 1. The van der Waals surface area contributed by atoms with Crippen molar-refractivity contribution in [3.63, 3.8) is 0 Å². The van der Waals surface area contributed by atoms with Crippen LogP contribution in [0.25, 0.3) is 0 Å². The number of aliphatic carboxylic acids is 1. The second-order valence-electron chi connectivity index (χ2n) is 5.40. The fraction of sp³-hybridized carbons (Fsp3) is 0.467. The molecule has 1 aromatic rings. The molecule has 2 rings (SSSR count). The summed E-state index contributed by atoms with van der Waals surface area (Å²) >= 11 is 1.53. The topological polar surface area (TPSA) is 57.6 Å². The lowest BCUT2D eigenvalue weighted by Crippen LogP contribution is -2.48. The molecule has 0 radical (unpaired) electrons. The maximum atomic E-state index is 12.6. The van der Waals surface area contributed by atoms with E-state index >= 15 is 0 Å². The molecule has 20 heavy (non-hydrogen) atoms. The van der Waals surface area contributed by atoms with E-state index in [0.717, 1.165) is 11.3 Å². The molecule has 1 saturated heterocycles. The molecule has 108 valence electrons. The average Bonchev–Trinajstić information content (AvgIpc) is 2.46. The Hall–Kier alpha value is -1.49. The number of piperidine rings is 1. The third kappa shape index (κ3) is 2.82. The second-order valence-corrected chi connectivity index (χ2v) is 6.24. The first kappa shape index (κ1) is 14.9. The quantitative estimate of drug-likeness (QED) is 0.871. The molecular weight excluding hydrogens is 274 g/mol. The largest absolute Gasteiger partial charge is 0.481 e. The van der Waals surface area contributed by atoms with Crippen LogP contribution < -0.4 is 0 Å². The molecule has 1 aliphatic rings. The second kappa shape index (κ2) is 5.87. The van der Waals surface area contributed by atoms with Gasteiger partial charge in [-0.25, -0.2) is 0 Å². The highest BCUT2D eigenvalue weighted by molar-refractivity contribution is 7.98. The van der Waals surface area contributed by atoms with Crippen molar-refractivity contribution in [1.82, 2.24) is 4.90 Å². The molecule has 1 aliphatic heterocycles. The minimum Gasteiger partial charge on any atom is -0.481 e.